The van der Waals surface area contributed by atoms with Crippen LogP contribution in [-0.4, -0.2) is 35.8 Å². The number of fused-ring (bicyclic) bond motifs is 2. The van der Waals surface area contributed by atoms with Crippen molar-refractivity contribution in [2.75, 3.05) is 18.5 Å². The van der Waals surface area contributed by atoms with E-state index in [-0.39, 0.29) is 17.3 Å². The van der Waals surface area contributed by atoms with E-state index in [1.54, 1.807) is 0 Å². The fourth-order valence-electron chi connectivity index (χ4n) is 7.38. The van der Waals surface area contributed by atoms with E-state index < -0.39 is 5.97 Å². The van der Waals surface area contributed by atoms with Gasteiger partial charge in [-0.3, -0.25) is 9.69 Å². The molecule has 0 spiro atoms. The monoisotopic (exact) mass is 567 g/mol. The normalized spacial score (nSPS) is 24.5. The number of aliphatic hydroxyl groups excluding tert-OH is 1. The smallest absolute Gasteiger partial charge is 0.303 e. The van der Waals surface area contributed by atoms with Crippen molar-refractivity contribution in [1.82, 2.24) is 0 Å². The molecule has 2 unspecified atom stereocenters. The molecule has 2 aromatic rings. The zero-order chi connectivity index (χ0) is 30.1. The van der Waals surface area contributed by atoms with Gasteiger partial charge in [-0.25, -0.2) is 0 Å². The minimum absolute atomic E-state index is 0.0191. The van der Waals surface area contributed by atoms with Gasteiger partial charge < -0.3 is 15.1 Å². The molecule has 2 heterocycles. The van der Waals surface area contributed by atoms with Crippen molar-refractivity contribution in [3.63, 3.8) is 0 Å². The lowest BCUT2D eigenvalue weighted by Crippen LogP contribution is -3.07. The van der Waals surface area contributed by atoms with Crippen molar-refractivity contribution in [2.24, 2.45) is 0 Å². The van der Waals surface area contributed by atoms with Crippen molar-refractivity contribution in [3.05, 3.63) is 107 Å². The van der Waals surface area contributed by atoms with E-state index in [9.17, 15) is 9.90 Å². The van der Waals surface area contributed by atoms with Crippen LogP contribution in [0.4, 0.5) is 11.4 Å². The lowest BCUT2D eigenvalue weighted by atomic mass is 9.80. The fraction of sp³-hybridized carbons (Fsp3) is 0.432. The molecule has 0 bridgehead atoms. The van der Waals surface area contributed by atoms with Crippen molar-refractivity contribution >= 4 is 17.3 Å². The predicted molar refractivity (Wildman–Crippen MR) is 172 cm³/mol. The number of unbranched alkanes of at least 4 members (excludes halogenated alkanes) is 2. The summed E-state index contributed by atoms with van der Waals surface area (Å²) in [7, 11) is 2.24. The van der Waals surface area contributed by atoms with Gasteiger partial charge in [0.2, 0.25) is 0 Å². The predicted octanol–water partition coefficient (Wildman–Crippen LogP) is 7.30. The Kier molecular flexibility index (Phi) is 8.52. The second-order valence-electron chi connectivity index (χ2n) is 13.3. The van der Waals surface area contributed by atoms with Crippen LogP contribution in [0.15, 0.2) is 95.4 Å². The van der Waals surface area contributed by atoms with Crippen molar-refractivity contribution in [2.45, 2.75) is 89.5 Å². The number of nitrogens with zero attached hydrogens (tertiary/aromatic N) is 1. The van der Waals surface area contributed by atoms with E-state index in [2.05, 4.69) is 112 Å². The number of aliphatic carboxylic acids is 1. The number of hydrogen-bond donors (Lipinski definition) is 3. The summed E-state index contributed by atoms with van der Waals surface area (Å²) >= 11 is 0. The summed E-state index contributed by atoms with van der Waals surface area (Å²) in [6, 6.07) is 17.6. The number of anilines is 1. The maximum absolute atomic E-state index is 11.4. The average molecular weight is 568 g/mol. The second kappa shape index (κ2) is 12.0. The summed E-state index contributed by atoms with van der Waals surface area (Å²) < 4.78 is 0. The maximum atomic E-state index is 11.4. The van der Waals surface area contributed by atoms with Gasteiger partial charge in [0.25, 0.3) is 0 Å². The Morgan fingerprint density at radius 3 is 2.43 bits per heavy atom. The molecule has 0 saturated carbocycles. The molecule has 0 radical (unpaired) electrons. The minimum Gasteiger partial charge on any atom is -0.507 e. The van der Waals surface area contributed by atoms with Crippen LogP contribution in [0.1, 0.15) is 83.8 Å². The first-order valence-corrected chi connectivity index (χ1v) is 15.6. The van der Waals surface area contributed by atoms with Crippen LogP contribution in [-0.2, 0) is 15.6 Å². The van der Waals surface area contributed by atoms with Gasteiger partial charge >= 0.3 is 5.97 Å². The molecule has 5 heteroatoms. The van der Waals surface area contributed by atoms with Gasteiger partial charge in [-0.1, -0.05) is 68.8 Å². The summed E-state index contributed by atoms with van der Waals surface area (Å²) in [5, 5.41) is 20.4. The number of rotatable bonds is 9. The third-order valence-corrected chi connectivity index (χ3v) is 9.79. The van der Waals surface area contributed by atoms with Crippen LogP contribution < -0.4 is 9.80 Å². The van der Waals surface area contributed by atoms with Gasteiger partial charge in [-0.2, -0.15) is 0 Å². The first-order chi connectivity index (χ1) is 20.0. The lowest BCUT2D eigenvalue weighted by molar-refractivity contribution is -0.828. The maximum Gasteiger partial charge on any atom is 0.303 e. The zero-order valence-electron chi connectivity index (χ0n) is 25.9. The molecular weight excluding hydrogens is 520 g/mol. The Balaban J connectivity index is 1.39. The van der Waals surface area contributed by atoms with E-state index in [1.165, 1.54) is 33.1 Å². The van der Waals surface area contributed by atoms with E-state index in [4.69, 9.17) is 5.11 Å². The van der Waals surface area contributed by atoms with Crippen LogP contribution in [0.5, 0.6) is 0 Å². The van der Waals surface area contributed by atoms with Crippen molar-refractivity contribution in [1.29, 1.82) is 0 Å². The molecule has 222 valence electrons. The third kappa shape index (κ3) is 5.59. The number of hydrogen-bond acceptors (Lipinski definition) is 3. The highest BCUT2D eigenvalue weighted by molar-refractivity contribution is 5.71. The minimum atomic E-state index is -0.727. The molecule has 1 aliphatic carbocycles. The first kappa shape index (κ1) is 29.9. The van der Waals surface area contributed by atoms with Gasteiger partial charge in [0, 0.05) is 35.3 Å². The molecule has 2 atom stereocenters. The Bertz CT molecular complexity index is 1460. The van der Waals surface area contributed by atoms with Crippen molar-refractivity contribution < 1.29 is 19.9 Å². The number of quaternary nitrogens is 1. The molecule has 2 aliphatic heterocycles. The number of allylic oxidation sites excluding steroid dienone is 6. The highest BCUT2D eigenvalue weighted by Gasteiger charge is 2.46. The number of para-hydroxylation sites is 2. The third-order valence-electron chi connectivity index (χ3n) is 9.79. The summed E-state index contributed by atoms with van der Waals surface area (Å²) in [5.41, 5.74) is 8.39. The first-order valence-electron chi connectivity index (χ1n) is 15.6. The number of likely N-dealkylation sites (N-methyl/N-ethyl adjacent to an activating group) is 1. The molecule has 3 N–H and O–H groups in total. The lowest BCUT2D eigenvalue weighted by Gasteiger charge is -2.27. The molecule has 0 aromatic heterocycles. The standard InChI is InChI=1S/C37H46N2O3/c1-36(2)28-16-8-10-18-30(28)38(5)32(36)23-21-26-14-13-15-27(35(26)42)22-24-33-37(3,4)29-17-9-11-19-31(29)39(33)25-12-6-7-20-34(40)41/h8-11,16-19,21-24,32,42H,6-7,12-15,20,25H2,1-5H3,(H,40,41)/p+1/b23-21+,27-22+,33-24+. The zero-order valence-corrected chi connectivity index (χ0v) is 25.9. The molecular formula is C37H47N2O3+. The van der Waals surface area contributed by atoms with E-state index >= 15 is 0 Å². The number of benzene rings is 2. The Morgan fingerprint density at radius 1 is 0.976 bits per heavy atom. The van der Waals surface area contributed by atoms with E-state index in [1.807, 2.05) is 0 Å². The molecule has 0 fully saturated rings. The van der Waals surface area contributed by atoms with Gasteiger partial charge in [-0.15, -0.1) is 0 Å². The van der Waals surface area contributed by atoms with Gasteiger partial charge in [0.15, 0.2) is 0 Å². The van der Waals surface area contributed by atoms with Crippen LogP contribution in [0.2, 0.25) is 0 Å². The summed E-state index contributed by atoms with van der Waals surface area (Å²) in [5.74, 6) is -0.302. The summed E-state index contributed by atoms with van der Waals surface area (Å²) in [6.07, 6.45) is 14.3. The number of carboxylic acids is 1. The number of nitrogens with one attached hydrogen (secondary N) is 1. The quantitative estimate of drug-likeness (QED) is 0.278. The van der Waals surface area contributed by atoms with Gasteiger partial charge in [0.1, 0.15) is 17.5 Å². The highest BCUT2D eigenvalue weighted by atomic mass is 16.4. The number of carbonyl (C=O) groups is 1. The highest BCUT2D eigenvalue weighted by Crippen LogP contribution is 2.48. The van der Waals surface area contributed by atoms with Crippen LogP contribution >= 0.6 is 0 Å². The van der Waals surface area contributed by atoms with E-state index in [0.717, 1.165) is 49.8 Å². The average Bonchev–Trinajstić information content (AvgIpc) is 3.29. The molecule has 2 aromatic carbocycles. The molecule has 42 heavy (non-hydrogen) atoms. The largest absolute Gasteiger partial charge is 0.507 e. The van der Waals surface area contributed by atoms with E-state index in [0.29, 0.717) is 18.2 Å². The van der Waals surface area contributed by atoms with Crippen molar-refractivity contribution in [3.8, 4) is 0 Å². The molecule has 5 rings (SSSR count). The Hall–Kier alpha value is -3.57. The SMILES string of the molecule is C[NH+]1c2ccccc2C(C)(C)C1/C=C/C1=C(O)C(=C/C=C2/N(CCCCCC(=O)O)c3ccccc3C2(C)C)/CCC1. The molecule has 5 nitrogen and oxygen atoms in total. The second-order valence-corrected chi connectivity index (χ2v) is 13.3. The van der Waals surface area contributed by atoms with Crippen LogP contribution in [0.3, 0.4) is 0 Å². The summed E-state index contributed by atoms with van der Waals surface area (Å²) in [4.78, 5) is 14.7. The topological polar surface area (TPSA) is 65.2 Å². The van der Waals surface area contributed by atoms with Gasteiger partial charge in [-0.05, 0) is 86.9 Å². The number of carboxylic acid groups (broad SMARTS) is 1. The molecule has 0 saturated heterocycles. The Labute approximate surface area is 251 Å². The van der Waals surface area contributed by atoms with Gasteiger partial charge in [0.05, 0.1) is 12.5 Å². The molecule has 3 aliphatic rings. The fourth-order valence-corrected chi connectivity index (χ4v) is 7.38. The van der Waals surface area contributed by atoms with Crippen LogP contribution in [0, 0.1) is 0 Å². The van der Waals surface area contributed by atoms with Crippen LogP contribution in [0.25, 0.3) is 0 Å². The summed E-state index contributed by atoms with van der Waals surface area (Å²) in [6.45, 7) is 10.0. The number of aliphatic hydroxyl groups is 1. The molecule has 0 amide bonds. The Morgan fingerprint density at radius 2 is 1.69 bits per heavy atom.